The van der Waals surface area contributed by atoms with Crippen molar-refractivity contribution in [3.05, 3.63) is 47.0 Å². The number of hydrogen-bond donors (Lipinski definition) is 0. The van der Waals surface area contributed by atoms with E-state index in [0.29, 0.717) is 47.5 Å². The van der Waals surface area contributed by atoms with Crippen molar-refractivity contribution in [1.29, 1.82) is 0 Å². The van der Waals surface area contributed by atoms with Gasteiger partial charge in [-0.25, -0.2) is 13.9 Å². The minimum Gasteiger partial charge on any atom is -0.427 e. The topological polar surface area (TPSA) is 87.0 Å². The van der Waals surface area contributed by atoms with Crippen molar-refractivity contribution in [3.63, 3.8) is 0 Å². The number of allylic oxidation sites excluding steroid dienone is 2. The first-order valence-electron chi connectivity index (χ1n) is 8.75. The number of ether oxygens (including phenoxy) is 1. The Balaban J connectivity index is 1.50. The zero-order valence-corrected chi connectivity index (χ0v) is 15.2. The Morgan fingerprint density at radius 1 is 1.33 bits per heavy atom. The van der Waals surface area contributed by atoms with Crippen LogP contribution in [0, 0.1) is 5.82 Å². The molecule has 2 aliphatic carbocycles. The lowest BCUT2D eigenvalue weighted by molar-refractivity contribution is -0.115. The first kappa shape index (κ1) is 17.8. The number of halogens is 1. The van der Waals surface area contributed by atoms with Crippen molar-refractivity contribution in [2.24, 2.45) is 0 Å². The molecule has 1 saturated carbocycles. The Hall–Kier alpha value is -2.55. The molecular formula is C18H17FN4O3S. The van der Waals surface area contributed by atoms with E-state index in [2.05, 4.69) is 15.5 Å². The van der Waals surface area contributed by atoms with Gasteiger partial charge in [0.15, 0.2) is 5.78 Å². The average molecular weight is 388 g/mol. The van der Waals surface area contributed by atoms with Gasteiger partial charge >= 0.3 is 5.97 Å². The van der Waals surface area contributed by atoms with E-state index in [1.165, 1.54) is 36.0 Å². The minimum atomic E-state index is -0.590. The second kappa shape index (κ2) is 7.59. The molecule has 0 bridgehead atoms. The quantitative estimate of drug-likeness (QED) is 0.554. The summed E-state index contributed by atoms with van der Waals surface area (Å²) in [6.07, 6.45) is 5.12. The molecule has 0 unspecified atom stereocenters. The molecule has 9 heteroatoms. The predicted molar refractivity (Wildman–Crippen MR) is 94.4 cm³/mol. The molecular weight excluding hydrogens is 371 g/mol. The van der Waals surface area contributed by atoms with Gasteiger partial charge in [-0.1, -0.05) is 11.8 Å². The summed E-state index contributed by atoms with van der Waals surface area (Å²) in [5, 5.41) is 12.3. The maximum Gasteiger partial charge on any atom is 0.343 e. The van der Waals surface area contributed by atoms with Gasteiger partial charge in [0.1, 0.15) is 11.6 Å². The van der Waals surface area contributed by atoms with Crippen LogP contribution in [-0.4, -0.2) is 32.0 Å². The van der Waals surface area contributed by atoms with E-state index in [9.17, 15) is 14.0 Å². The van der Waals surface area contributed by atoms with Gasteiger partial charge in [0, 0.05) is 24.7 Å². The molecule has 0 radical (unpaired) electrons. The third kappa shape index (κ3) is 4.24. The molecule has 7 nitrogen and oxygen atoms in total. The first-order valence-corrected chi connectivity index (χ1v) is 9.73. The molecule has 0 amide bonds. The van der Waals surface area contributed by atoms with E-state index in [1.807, 2.05) is 0 Å². The third-order valence-corrected chi connectivity index (χ3v) is 5.37. The highest BCUT2D eigenvalue weighted by Crippen LogP contribution is 2.37. The van der Waals surface area contributed by atoms with Crippen LogP contribution >= 0.6 is 11.8 Å². The van der Waals surface area contributed by atoms with Crippen molar-refractivity contribution < 1.29 is 18.7 Å². The van der Waals surface area contributed by atoms with E-state index in [0.717, 1.165) is 12.8 Å². The van der Waals surface area contributed by atoms with E-state index in [4.69, 9.17) is 4.74 Å². The number of carbonyl (C=O) groups excluding carboxylic acids is 2. The van der Waals surface area contributed by atoms with Crippen molar-refractivity contribution in [3.8, 4) is 0 Å². The maximum atomic E-state index is 13.7. The highest BCUT2D eigenvalue weighted by Gasteiger charge is 2.28. The van der Waals surface area contributed by atoms with Gasteiger partial charge in [-0.3, -0.25) is 4.79 Å². The summed E-state index contributed by atoms with van der Waals surface area (Å²) in [4.78, 5) is 24.0. The predicted octanol–water partition coefficient (Wildman–Crippen LogP) is 3.23. The molecule has 0 N–H and O–H groups in total. The highest BCUT2D eigenvalue weighted by molar-refractivity contribution is 7.98. The Morgan fingerprint density at radius 2 is 2.19 bits per heavy atom. The molecule has 2 aromatic rings. The van der Waals surface area contributed by atoms with Crippen LogP contribution in [0.2, 0.25) is 0 Å². The molecule has 1 aromatic carbocycles. The lowest BCUT2D eigenvalue weighted by Crippen LogP contribution is -2.12. The molecule has 1 fully saturated rings. The minimum absolute atomic E-state index is 0.0501. The lowest BCUT2D eigenvalue weighted by atomic mass is 10.0. The lowest BCUT2D eigenvalue weighted by Gasteiger charge is -2.14. The van der Waals surface area contributed by atoms with Crippen molar-refractivity contribution in [2.45, 2.75) is 49.1 Å². The normalized spacial score (nSPS) is 16.9. The molecule has 1 aromatic heterocycles. The van der Waals surface area contributed by atoms with Crippen LogP contribution < -0.4 is 0 Å². The smallest absolute Gasteiger partial charge is 0.343 e. The number of aromatic nitrogens is 4. The Kier molecular flexibility index (Phi) is 5.02. The third-order valence-electron chi connectivity index (χ3n) is 4.39. The fraction of sp³-hybridized carbons (Fsp3) is 0.389. The number of esters is 1. The van der Waals surface area contributed by atoms with E-state index in [1.54, 1.807) is 4.68 Å². The average Bonchev–Trinajstić information content (AvgIpc) is 3.38. The van der Waals surface area contributed by atoms with Gasteiger partial charge < -0.3 is 4.74 Å². The Labute approximate surface area is 159 Å². The Bertz CT molecular complexity index is 923. The molecule has 0 atom stereocenters. The van der Waals surface area contributed by atoms with E-state index < -0.39 is 11.8 Å². The van der Waals surface area contributed by atoms with Crippen molar-refractivity contribution in [2.75, 3.05) is 0 Å². The fourth-order valence-electron chi connectivity index (χ4n) is 2.87. The van der Waals surface area contributed by atoms with Crippen LogP contribution in [0.5, 0.6) is 0 Å². The molecule has 0 aliphatic heterocycles. The largest absolute Gasteiger partial charge is 0.427 e. The number of benzene rings is 1. The fourth-order valence-corrected chi connectivity index (χ4v) is 3.80. The SMILES string of the molecule is O=C1C=C(OC(=O)c2ccc(F)cc2CSc2nnnn2C2CC2)CCC1. The zero-order valence-electron chi connectivity index (χ0n) is 14.4. The standard InChI is InChI=1S/C18H17FN4O3S/c19-12-4-7-16(17(25)26-15-3-1-2-14(24)9-15)11(8-12)10-27-18-20-21-22-23(18)13-5-6-13/h4,7-9,13H,1-3,5-6,10H2. The van der Waals surface area contributed by atoms with E-state index >= 15 is 0 Å². The van der Waals surface area contributed by atoms with Crippen LogP contribution in [0.25, 0.3) is 0 Å². The summed E-state index contributed by atoms with van der Waals surface area (Å²) in [5.74, 6) is -0.389. The number of ketones is 1. The van der Waals surface area contributed by atoms with Crippen LogP contribution in [0.15, 0.2) is 35.2 Å². The van der Waals surface area contributed by atoms with Crippen molar-refractivity contribution in [1.82, 2.24) is 20.2 Å². The second-order valence-electron chi connectivity index (χ2n) is 6.55. The van der Waals surface area contributed by atoms with Crippen LogP contribution in [0.1, 0.15) is 54.1 Å². The van der Waals surface area contributed by atoms with Gasteiger partial charge in [-0.15, -0.1) is 5.10 Å². The van der Waals surface area contributed by atoms with Gasteiger partial charge in [0.25, 0.3) is 0 Å². The van der Waals surface area contributed by atoms with Gasteiger partial charge in [-0.05, 0) is 53.5 Å². The van der Waals surface area contributed by atoms with Gasteiger partial charge in [0.05, 0.1) is 11.6 Å². The number of thioether (sulfide) groups is 1. The number of rotatable bonds is 6. The second-order valence-corrected chi connectivity index (χ2v) is 7.49. The summed E-state index contributed by atoms with van der Waals surface area (Å²) in [6.45, 7) is 0. The zero-order chi connectivity index (χ0) is 18.8. The molecule has 27 heavy (non-hydrogen) atoms. The highest BCUT2D eigenvalue weighted by atomic mass is 32.2. The number of hydrogen-bond acceptors (Lipinski definition) is 7. The monoisotopic (exact) mass is 388 g/mol. The number of nitrogens with zero attached hydrogens (tertiary/aromatic N) is 4. The molecule has 2 aliphatic rings. The van der Waals surface area contributed by atoms with Gasteiger partial charge in [0.2, 0.25) is 5.16 Å². The molecule has 140 valence electrons. The van der Waals surface area contributed by atoms with Crippen molar-refractivity contribution >= 4 is 23.5 Å². The van der Waals surface area contributed by atoms with Gasteiger partial charge in [-0.2, -0.15) is 0 Å². The van der Waals surface area contributed by atoms with Crippen LogP contribution in [0.3, 0.4) is 0 Å². The summed E-state index contributed by atoms with van der Waals surface area (Å²) in [7, 11) is 0. The summed E-state index contributed by atoms with van der Waals surface area (Å²) in [5.41, 5.74) is 0.770. The Morgan fingerprint density at radius 3 is 2.96 bits per heavy atom. The molecule has 0 saturated heterocycles. The number of tetrazole rings is 1. The summed E-state index contributed by atoms with van der Waals surface area (Å²) >= 11 is 1.35. The molecule has 1 heterocycles. The summed E-state index contributed by atoms with van der Waals surface area (Å²) in [6, 6.07) is 4.27. The maximum absolute atomic E-state index is 13.7. The van der Waals surface area contributed by atoms with Crippen LogP contribution in [-0.2, 0) is 15.3 Å². The van der Waals surface area contributed by atoms with Crippen LogP contribution in [0.4, 0.5) is 4.39 Å². The molecule has 4 rings (SSSR count). The molecule has 0 spiro atoms. The number of carbonyl (C=O) groups is 2. The first-order chi connectivity index (χ1) is 13.1. The van der Waals surface area contributed by atoms with E-state index in [-0.39, 0.29) is 11.3 Å². The summed E-state index contributed by atoms with van der Waals surface area (Å²) < 4.78 is 20.9.